The lowest BCUT2D eigenvalue weighted by atomic mass is 10.2. The maximum absolute atomic E-state index is 12.8. The lowest BCUT2D eigenvalue weighted by molar-refractivity contribution is 0.634. The third-order valence-corrected chi connectivity index (χ3v) is 6.08. The van der Waals surface area contributed by atoms with Crippen molar-refractivity contribution < 1.29 is 0 Å². The maximum atomic E-state index is 12.8. The number of thioether (sulfide) groups is 1. The number of fused-ring (bicyclic) bond motifs is 3. The molecule has 5 heteroatoms. The zero-order chi connectivity index (χ0) is 14.1. The van der Waals surface area contributed by atoms with Crippen LogP contribution in [0.1, 0.15) is 43.6 Å². The molecule has 20 heavy (non-hydrogen) atoms. The van der Waals surface area contributed by atoms with E-state index in [1.807, 2.05) is 11.5 Å². The molecule has 3 rings (SSSR count). The lowest BCUT2D eigenvalue weighted by Gasteiger charge is -2.09. The number of hydrogen-bond donors (Lipinski definition) is 0. The molecule has 0 aliphatic heterocycles. The van der Waals surface area contributed by atoms with Crippen LogP contribution in [0.5, 0.6) is 0 Å². The molecule has 1 aliphatic rings. The lowest BCUT2D eigenvalue weighted by Crippen LogP contribution is -2.22. The molecule has 0 saturated heterocycles. The zero-order valence-electron chi connectivity index (χ0n) is 12.1. The van der Waals surface area contributed by atoms with Crippen molar-refractivity contribution in [3.05, 3.63) is 20.8 Å². The molecule has 0 N–H and O–H groups in total. The fourth-order valence-corrected chi connectivity index (χ4v) is 5.20. The van der Waals surface area contributed by atoms with E-state index in [2.05, 4.69) is 6.92 Å². The summed E-state index contributed by atoms with van der Waals surface area (Å²) in [5.74, 6) is 1.04. The van der Waals surface area contributed by atoms with E-state index in [1.165, 1.54) is 29.7 Å². The van der Waals surface area contributed by atoms with E-state index in [1.54, 1.807) is 23.1 Å². The molecule has 0 fully saturated rings. The Hall–Kier alpha value is -0.810. The molecule has 0 amide bonds. The summed E-state index contributed by atoms with van der Waals surface area (Å²) < 4.78 is 1.86. The molecule has 0 unspecified atom stereocenters. The largest absolute Gasteiger partial charge is 0.287 e. The summed E-state index contributed by atoms with van der Waals surface area (Å²) in [4.78, 5) is 19.9. The predicted octanol–water partition coefficient (Wildman–Crippen LogP) is 3.86. The normalized spacial score (nSPS) is 14.1. The van der Waals surface area contributed by atoms with E-state index in [-0.39, 0.29) is 5.56 Å². The van der Waals surface area contributed by atoms with Crippen LogP contribution in [-0.4, -0.2) is 15.3 Å². The summed E-state index contributed by atoms with van der Waals surface area (Å²) in [6, 6.07) is 0. The molecule has 0 atom stereocenters. The fraction of sp³-hybridized carbons (Fsp3) is 0.600. The Morgan fingerprint density at radius 1 is 1.35 bits per heavy atom. The Morgan fingerprint density at radius 2 is 2.20 bits per heavy atom. The smallest absolute Gasteiger partial charge is 0.263 e. The van der Waals surface area contributed by atoms with Crippen LogP contribution in [0.15, 0.2) is 9.95 Å². The van der Waals surface area contributed by atoms with Crippen LogP contribution in [-0.2, 0) is 19.4 Å². The van der Waals surface area contributed by atoms with E-state index >= 15 is 0 Å². The van der Waals surface area contributed by atoms with Gasteiger partial charge in [-0.25, -0.2) is 4.98 Å². The van der Waals surface area contributed by atoms with Gasteiger partial charge in [0.15, 0.2) is 5.16 Å². The number of hydrogen-bond acceptors (Lipinski definition) is 4. The highest BCUT2D eigenvalue weighted by Crippen LogP contribution is 2.35. The highest BCUT2D eigenvalue weighted by Gasteiger charge is 2.22. The second-order valence-corrected chi connectivity index (χ2v) is 7.33. The number of aryl methyl sites for hydroxylation is 2. The first kappa shape index (κ1) is 14.1. The highest BCUT2D eigenvalue weighted by atomic mass is 32.2. The summed E-state index contributed by atoms with van der Waals surface area (Å²) in [5, 5.41) is 1.81. The molecule has 0 bridgehead atoms. The van der Waals surface area contributed by atoms with Crippen LogP contribution in [0.2, 0.25) is 0 Å². The van der Waals surface area contributed by atoms with Crippen LogP contribution < -0.4 is 5.56 Å². The quantitative estimate of drug-likeness (QED) is 0.478. The van der Waals surface area contributed by atoms with Gasteiger partial charge in [-0.3, -0.25) is 9.36 Å². The monoisotopic (exact) mass is 308 g/mol. The molecule has 2 heterocycles. The topological polar surface area (TPSA) is 34.9 Å². The van der Waals surface area contributed by atoms with Crippen molar-refractivity contribution in [1.29, 1.82) is 0 Å². The summed E-state index contributed by atoms with van der Waals surface area (Å²) in [5.41, 5.74) is 1.46. The van der Waals surface area contributed by atoms with Gasteiger partial charge >= 0.3 is 0 Å². The van der Waals surface area contributed by atoms with Crippen molar-refractivity contribution in [2.75, 3.05) is 5.75 Å². The Bertz CT molecular complexity index is 687. The SMILES string of the molecule is CCCCSc1nc2sc3c(c2c(=O)n1CC)CCC3. The molecule has 0 spiro atoms. The van der Waals surface area contributed by atoms with Crippen LogP contribution >= 0.6 is 23.1 Å². The van der Waals surface area contributed by atoms with E-state index < -0.39 is 0 Å². The summed E-state index contributed by atoms with van der Waals surface area (Å²) >= 11 is 3.46. The van der Waals surface area contributed by atoms with Crippen LogP contribution in [0, 0.1) is 0 Å². The molecular weight excluding hydrogens is 288 g/mol. The molecule has 0 radical (unpaired) electrons. The first-order valence-corrected chi connectivity index (χ1v) is 9.24. The van der Waals surface area contributed by atoms with E-state index in [0.29, 0.717) is 6.54 Å². The van der Waals surface area contributed by atoms with Gasteiger partial charge < -0.3 is 0 Å². The van der Waals surface area contributed by atoms with Gasteiger partial charge in [0, 0.05) is 17.2 Å². The standard InChI is InChI=1S/C15H20N2OS2/c1-3-5-9-19-15-16-13-12(14(18)17(15)4-2)10-7-6-8-11(10)20-13/h3-9H2,1-2H3. The van der Waals surface area contributed by atoms with Crippen LogP contribution in [0.4, 0.5) is 0 Å². The average molecular weight is 308 g/mol. The molecule has 3 nitrogen and oxygen atoms in total. The first-order valence-electron chi connectivity index (χ1n) is 7.44. The Balaban J connectivity index is 2.10. The zero-order valence-corrected chi connectivity index (χ0v) is 13.7. The van der Waals surface area contributed by atoms with Crippen molar-refractivity contribution in [3.8, 4) is 0 Å². The third-order valence-electron chi connectivity index (χ3n) is 3.84. The molecule has 0 saturated carbocycles. The maximum Gasteiger partial charge on any atom is 0.263 e. The number of rotatable bonds is 5. The minimum atomic E-state index is 0.177. The van der Waals surface area contributed by atoms with Crippen molar-refractivity contribution in [1.82, 2.24) is 9.55 Å². The summed E-state index contributed by atoms with van der Waals surface area (Å²) in [6.45, 7) is 4.93. The summed E-state index contributed by atoms with van der Waals surface area (Å²) in [7, 11) is 0. The minimum absolute atomic E-state index is 0.177. The molecule has 2 aromatic rings. The van der Waals surface area contributed by atoms with Gasteiger partial charge in [-0.05, 0) is 38.2 Å². The van der Waals surface area contributed by atoms with Gasteiger partial charge in [0.05, 0.1) is 5.39 Å². The predicted molar refractivity (Wildman–Crippen MR) is 87.2 cm³/mol. The Labute approximate surface area is 127 Å². The van der Waals surface area contributed by atoms with Gasteiger partial charge in [-0.15, -0.1) is 11.3 Å². The van der Waals surface area contributed by atoms with Crippen molar-refractivity contribution in [2.24, 2.45) is 0 Å². The molecule has 2 aromatic heterocycles. The molecule has 0 aromatic carbocycles. The average Bonchev–Trinajstić information content (AvgIpc) is 2.99. The van der Waals surface area contributed by atoms with Gasteiger partial charge in [0.1, 0.15) is 4.83 Å². The van der Waals surface area contributed by atoms with Crippen molar-refractivity contribution in [2.45, 2.75) is 57.7 Å². The highest BCUT2D eigenvalue weighted by molar-refractivity contribution is 7.99. The van der Waals surface area contributed by atoms with Gasteiger partial charge in [0.2, 0.25) is 0 Å². The minimum Gasteiger partial charge on any atom is -0.287 e. The first-order chi connectivity index (χ1) is 9.76. The number of aromatic nitrogens is 2. The van der Waals surface area contributed by atoms with Gasteiger partial charge in [-0.1, -0.05) is 25.1 Å². The second kappa shape index (κ2) is 5.90. The van der Waals surface area contributed by atoms with E-state index in [9.17, 15) is 4.79 Å². The Kier molecular flexibility index (Phi) is 4.17. The molecule has 108 valence electrons. The van der Waals surface area contributed by atoms with E-state index in [0.717, 1.165) is 34.0 Å². The number of unbranched alkanes of at least 4 members (excludes halogenated alkanes) is 1. The number of thiophene rings is 1. The Morgan fingerprint density at radius 3 is 2.95 bits per heavy atom. The van der Waals surface area contributed by atoms with Gasteiger partial charge in [-0.2, -0.15) is 0 Å². The fourth-order valence-electron chi connectivity index (χ4n) is 2.76. The van der Waals surface area contributed by atoms with Crippen molar-refractivity contribution in [3.63, 3.8) is 0 Å². The third kappa shape index (κ3) is 2.31. The number of nitrogens with zero attached hydrogens (tertiary/aromatic N) is 2. The summed E-state index contributed by atoms with van der Waals surface area (Å²) in [6.07, 6.45) is 5.72. The van der Waals surface area contributed by atoms with Crippen LogP contribution in [0.25, 0.3) is 10.2 Å². The second-order valence-electron chi connectivity index (χ2n) is 5.18. The molecular formula is C15H20N2OS2. The van der Waals surface area contributed by atoms with Crippen LogP contribution in [0.3, 0.4) is 0 Å². The van der Waals surface area contributed by atoms with E-state index in [4.69, 9.17) is 4.98 Å². The van der Waals surface area contributed by atoms with Crippen molar-refractivity contribution >= 4 is 33.3 Å². The molecule has 1 aliphatic carbocycles. The van der Waals surface area contributed by atoms with Gasteiger partial charge in [0.25, 0.3) is 5.56 Å².